The lowest BCUT2D eigenvalue weighted by molar-refractivity contribution is -0.138. The number of carbonyl (C=O) groups is 1. The van der Waals surface area contributed by atoms with Crippen molar-refractivity contribution in [3.63, 3.8) is 0 Å². The summed E-state index contributed by atoms with van der Waals surface area (Å²) in [4.78, 5) is 14.7. The van der Waals surface area contributed by atoms with Gasteiger partial charge in [0.2, 0.25) is 5.91 Å². The van der Waals surface area contributed by atoms with Gasteiger partial charge in [0.1, 0.15) is 0 Å². The van der Waals surface area contributed by atoms with Crippen molar-refractivity contribution in [1.29, 1.82) is 0 Å². The van der Waals surface area contributed by atoms with Crippen molar-refractivity contribution in [2.24, 2.45) is 0 Å². The van der Waals surface area contributed by atoms with Crippen molar-refractivity contribution < 1.29 is 4.79 Å². The molecule has 0 aromatic heterocycles. The molecule has 0 radical (unpaired) electrons. The van der Waals surface area contributed by atoms with Crippen LogP contribution in [0.1, 0.15) is 50.3 Å². The van der Waals surface area contributed by atoms with E-state index in [2.05, 4.69) is 50.4 Å². The first-order valence-corrected chi connectivity index (χ1v) is 7.74. The first kappa shape index (κ1) is 15.0. The van der Waals surface area contributed by atoms with E-state index in [1.165, 1.54) is 11.1 Å². The standard InChI is InChI=1S/C17H26N2O/c1-4-11-18-16-10-7-12-19(17(16)20)14(3)15-9-6-5-8-13(15)2/h5-6,8-9,14,16,18H,4,7,10-12H2,1-3H3. The van der Waals surface area contributed by atoms with Crippen LogP contribution in [0.25, 0.3) is 0 Å². The molecule has 0 aliphatic carbocycles. The highest BCUT2D eigenvalue weighted by atomic mass is 16.2. The fourth-order valence-electron chi connectivity index (χ4n) is 3.02. The Bertz CT molecular complexity index is 458. The molecule has 1 fully saturated rings. The van der Waals surface area contributed by atoms with Gasteiger partial charge >= 0.3 is 0 Å². The van der Waals surface area contributed by atoms with Gasteiger partial charge in [0.15, 0.2) is 0 Å². The molecule has 1 amide bonds. The van der Waals surface area contributed by atoms with E-state index in [4.69, 9.17) is 0 Å². The number of likely N-dealkylation sites (tertiary alicyclic amines) is 1. The number of benzene rings is 1. The molecule has 110 valence electrons. The quantitative estimate of drug-likeness (QED) is 0.895. The van der Waals surface area contributed by atoms with Crippen molar-refractivity contribution >= 4 is 5.91 Å². The number of piperidine rings is 1. The number of hydrogen-bond donors (Lipinski definition) is 1. The van der Waals surface area contributed by atoms with Gasteiger partial charge in [-0.3, -0.25) is 4.79 Å². The molecule has 0 saturated carbocycles. The minimum atomic E-state index is 0.00942. The number of nitrogens with one attached hydrogen (secondary N) is 1. The zero-order valence-corrected chi connectivity index (χ0v) is 12.9. The fraction of sp³-hybridized carbons (Fsp3) is 0.588. The minimum absolute atomic E-state index is 0.00942. The molecule has 2 rings (SSSR count). The van der Waals surface area contributed by atoms with Crippen LogP contribution in [0.2, 0.25) is 0 Å². The van der Waals surface area contributed by atoms with Crippen LogP contribution >= 0.6 is 0 Å². The average Bonchev–Trinajstić information content (AvgIpc) is 2.46. The number of rotatable bonds is 5. The summed E-state index contributed by atoms with van der Waals surface area (Å²) in [5.74, 6) is 0.264. The van der Waals surface area contributed by atoms with Gasteiger partial charge in [0.05, 0.1) is 12.1 Å². The number of carbonyl (C=O) groups excluding carboxylic acids is 1. The summed E-state index contributed by atoms with van der Waals surface area (Å²) in [7, 11) is 0. The molecular formula is C17H26N2O. The molecule has 2 atom stereocenters. The lowest BCUT2D eigenvalue weighted by atomic mass is 9.97. The highest BCUT2D eigenvalue weighted by Gasteiger charge is 2.31. The monoisotopic (exact) mass is 274 g/mol. The summed E-state index contributed by atoms with van der Waals surface area (Å²) in [5.41, 5.74) is 2.52. The summed E-state index contributed by atoms with van der Waals surface area (Å²) < 4.78 is 0. The second-order valence-corrected chi connectivity index (χ2v) is 5.71. The van der Waals surface area contributed by atoms with Crippen LogP contribution in [-0.2, 0) is 4.79 Å². The van der Waals surface area contributed by atoms with Gasteiger partial charge < -0.3 is 10.2 Å². The van der Waals surface area contributed by atoms with Gasteiger partial charge in [-0.2, -0.15) is 0 Å². The first-order valence-electron chi connectivity index (χ1n) is 7.74. The van der Waals surface area contributed by atoms with E-state index in [0.717, 1.165) is 32.4 Å². The zero-order valence-electron chi connectivity index (χ0n) is 12.9. The largest absolute Gasteiger partial charge is 0.335 e. The summed E-state index contributed by atoms with van der Waals surface area (Å²) in [6, 6.07) is 8.53. The number of amides is 1. The number of nitrogens with zero attached hydrogens (tertiary/aromatic N) is 1. The van der Waals surface area contributed by atoms with Crippen LogP contribution in [0.15, 0.2) is 24.3 Å². The molecule has 1 aliphatic heterocycles. The van der Waals surface area contributed by atoms with Gasteiger partial charge in [0, 0.05) is 6.54 Å². The highest BCUT2D eigenvalue weighted by molar-refractivity contribution is 5.83. The van der Waals surface area contributed by atoms with Crippen LogP contribution in [-0.4, -0.2) is 29.9 Å². The van der Waals surface area contributed by atoms with Crippen LogP contribution in [0.5, 0.6) is 0 Å². The Morgan fingerprint density at radius 3 is 2.85 bits per heavy atom. The number of aryl methyl sites for hydroxylation is 1. The van der Waals surface area contributed by atoms with E-state index in [-0.39, 0.29) is 18.0 Å². The molecular weight excluding hydrogens is 248 g/mol. The Kier molecular flexibility index (Phi) is 5.18. The van der Waals surface area contributed by atoms with Crippen molar-refractivity contribution in [1.82, 2.24) is 10.2 Å². The van der Waals surface area contributed by atoms with Crippen LogP contribution in [0, 0.1) is 6.92 Å². The summed E-state index contributed by atoms with van der Waals surface area (Å²) >= 11 is 0. The van der Waals surface area contributed by atoms with Crippen LogP contribution in [0.4, 0.5) is 0 Å². The van der Waals surface area contributed by atoms with Crippen molar-refractivity contribution in [3.05, 3.63) is 35.4 Å². The van der Waals surface area contributed by atoms with Gasteiger partial charge in [-0.05, 0) is 50.8 Å². The Morgan fingerprint density at radius 1 is 1.40 bits per heavy atom. The maximum atomic E-state index is 12.6. The van der Waals surface area contributed by atoms with Gasteiger partial charge in [0.25, 0.3) is 0 Å². The molecule has 1 aromatic carbocycles. The Hall–Kier alpha value is -1.35. The van der Waals surface area contributed by atoms with Crippen molar-refractivity contribution in [3.8, 4) is 0 Å². The fourth-order valence-corrected chi connectivity index (χ4v) is 3.02. The van der Waals surface area contributed by atoms with E-state index in [9.17, 15) is 4.79 Å². The lowest BCUT2D eigenvalue weighted by Gasteiger charge is -2.37. The average molecular weight is 274 g/mol. The maximum Gasteiger partial charge on any atom is 0.240 e. The van der Waals surface area contributed by atoms with Gasteiger partial charge in [-0.15, -0.1) is 0 Å². The third-order valence-electron chi connectivity index (χ3n) is 4.22. The third-order valence-corrected chi connectivity index (χ3v) is 4.22. The Balaban J connectivity index is 2.11. The molecule has 20 heavy (non-hydrogen) atoms. The van der Waals surface area contributed by atoms with Crippen LogP contribution < -0.4 is 5.32 Å². The highest BCUT2D eigenvalue weighted by Crippen LogP contribution is 2.27. The molecule has 2 unspecified atom stereocenters. The normalized spacial score (nSPS) is 21.1. The van der Waals surface area contributed by atoms with E-state index in [0.29, 0.717) is 0 Å². The second kappa shape index (κ2) is 6.89. The van der Waals surface area contributed by atoms with E-state index in [1.54, 1.807) is 0 Å². The smallest absolute Gasteiger partial charge is 0.240 e. The molecule has 0 bridgehead atoms. The summed E-state index contributed by atoms with van der Waals surface area (Å²) in [6.07, 6.45) is 3.12. The Morgan fingerprint density at radius 2 is 2.15 bits per heavy atom. The summed E-state index contributed by atoms with van der Waals surface area (Å²) in [6.45, 7) is 8.19. The predicted octanol–water partition coefficient (Wildman–Crippen LogP) is 3.05. The van der Waals surface area contributed by atoms with Crippen molar-refractivity contribution in [2.75, 3.05) is 13.1 Å². The predicted molar refractivity (Wildman–Crippen MR) is 82.6 cm³/mol. The van der Waals surface area contributed by atoms with Gasteiger partial charge in [-0.25, -0.2) is 0 Å². The zero-order chi connectivity index (χ0) is 14.5. The Labute approximate surface area is 122 Å². The van der Waals surface area contributed by atoms with Gasteiger partial charge in [-0.1, -0.05) is 31.2 Å². The molecule has 1 N–H and O–H groups in total. The van der Waals surface area contributed by atoms with E-state index in [1.807, 2.05) is 4.90 Å². The first-order chi connectivity index (χ1) is 9.65. The second-order valence-electron chi connectivity index (χ2n) is 5.71. The van der Waals surface area contributed by atoms with E-state index < -0.39 is 0 Å². The molecule has 1 heterocycles. The molecule has 1 aliphatic rings. The molecule has 1 saturated heterocycles. The number of hydrogen-bond acceptors (Lipinski definition) is 2. The van der Waals surface area contributed by atoms with Crippen molar-refractivity contribution in [2.45, 2.75) is 52.1 Å². The van der Waals surface area contributed by atoms with E-state index >= 15 is 0 Å². The molecule has 3 heteroatoms. The lowest BCUT2D eigenvalue weighted by Crippen LogP contribution is -2.51. The minimum Gasteiger partial charge on any atom is -0.335 e. The molecule has 0 spiro atoms. The SMILES string of the molecule is CCCNC1CCCN(C(C)c2ccccc2C)C1=O. The third kappa shape index (κ3) is 3.21. The maximum absolute atomic E-state index is 12.6. The topological polar surface area (TPSA) is 32.3 Å². The molecule has 1 aromatic rings. The summed E-state index contributed by atoms with van der Waals surface area (Å²) in [5, 5.41) is 3.38. The molecule has 3 nitrogen and oxygen atoms in total. The van der Waals surface area contributed by atoms with Crippen LogP contribution in [0.3, 0.4) is 0 Å².